The first-order chi connectivity index (χ1) is 7.18. The monoisotopic (exact) mass is 204 g/mol. The lowest BCUT2D eigenvalue weighted by atomic mass is 10.0. The lowest BCUT2D eigenvalue weighted by molar-refractivity contribution is 0.365. The Balaban J connectivity index is 2.04. The quantitative estimate of drug-likeness (QED) is 0.789. The molecule has 0 bridgehead atoms. The molecule has 2 nitrogen and oxygen atoms in total. The molecule has 1 heterocycles. The molecular formula is C13H20N2. The number of benzene rings is 1. The summed E-state index contributed by atoms with van der Waals surface area (Å²) in [6.45, 7) is 9.98. The van der Waals surface area contributed by atoms with Gasteiger partial charge in [0.25, 0.3) is 0 Å². The van der Waals surface area contributed by atoms with Crippen molar-refractivity contribution in [3.05, 3.63) is 28.8 Å². The topological polar surface area (TPSA) is 24.1 Å². The zero-order valence-electron chi connectivity index (χ0n) is 9.85. The normalized spacial score (nSPS) is 16.2. The van der Waals surface area contributed by atoms with Crippen molar-refractivity contribution in [2.45, 2.75) is 20.8 Å². The summed E-state index contributed by atoms with van der Waals surface area (Å²) in [6, 6.07) is 4.40. The molecule has 0 unspecified atom stereocenters. The van der Waals surface area contributed by atoms with Gasteiger partial charge in [0.15, 0.2) is 0 Å². The zero-order chi connectivity index (χ0) is 10.8. The molecule has 1 aromatic rings. The molecule has 15 heavy (non-hydrogen) atoms. The summed E-state index contributed by atoms with van der Waals surface area (Å²) >= 11 is 0. The SMILES string of the molecule is Cc1ccc(NCC2CNC2)c(C)c1C. The molecule has 82 valence electrons. The van der Waals surface area contributed by atoms with Crippen LogP contribution in [0.25, 0.3) is 0 Å². The summed E-state index contributed by atoms with van der Waals surface area (Å²) in [5.41, 5.74) is 5.47. The van der Waals surface area contributed by atoms with Gasteiger partial charge in [0.05, 0.1) is 0 Å². The Morgan fingerprint density at radius 3 is 2.53 bits per heavy atom. The van der Waals surface area contributed by atoms with Gasteiger partial charge in [-0.2, -0.15) is 0 Å². The predicted molar refractivity (Wildman–Crippen MR) is 65.5 cm³/mol. The third kappa shape index (κ3) is 2.15. The Bertz CT molecular complexity index is 354. The minimum atomic E-state index is 0.811. The van der Waals surface area contributed by atoms with Crippen molar-refractivity contribution in [2.24, 2.45) is 5.92 Å². The van der Waals surface area contributed by atoms with Crippen molar-refractivity contribution in [3.63, 3.8) is 0 Å². The highest BCUT2D eigenvalue weighted by Gasteiger charge is 2.16. The number of hydrogen-bond acceptors (Lipinski definition) is 2. The first-order valence-electron chi connectivity index (χ1n) is 5.70. The van der Waals surface area contributed by atoms with E-state index in [0.717, 1.165) is 25.6 Å². The third-order valence-corrected chi connectivity index (χ3v) is 3.51. The molecule has 2 heteroatoms. The minimum absolute atomic E-state index is 0.811. The number of hydrogen-bond donors (Lipinski definition) is 2. The average Bonchev–Trinajstić information content (AvgIpc) is 2.15. The fraction of sp³-hybridized carbons (Fsp3) is 0.538. The molecular weight excluding hydrogens is 184 g/mol. The van der Waals surface area contributed by atoms with Crippen molar-refractivity contribution in [2.75, 3.05) is 25.0 Å². The van der Waals surface area contributed by atoms with Crippen LogP contribution in [0.5, 0.6) is 0 Å². The summed E-state index contributed by atoms with van der Waals surface area (Å²) in [5, 5.41) is 6.84. The van der Waals surface area contributed by atoms with E-state index in [1.54, 1.807) is 0 Å². The molecule has 2 N–H and O–H groups in total. The highest BCUT2D eigenvalue weighted by molar-refractivity contribution is 5.56. The lowest BCUT2D eigenvalue weighted by Crippen LogP contribution is -2.45. The Kier molecular flexibility index (Phi) is 2.96. The number of rotatable bonds is 3. The third-order valence-electron chi connectivity index (χ3n) is 3.51. The minimum Gasteiger partial charge on any atom is -0.384 e. The smallest absolute Gasteiger partial charge is 0.0372 e. The molecule has 1 aliphatic heterocycles. The predicted octanol–water partition coefficient (Wildman–Crippen LogP) is 2.24. The van der Waals surface area contributed by atoms with Crippen molar-refractivity contribution in [1.82, 2.24) is 5.32 Å². The van der Waals surface area contributed by atoms with Crippen LogP contribution in [0, 0.1) is 26.7 Å². The van der Waals surface area contributed by atoms with Gasteiger partial charge in [0.1, 0.15) is 0 Å². The molecule has 2 rings (SSSR count). The molecule has 0 radical (unpaired) electrons. The van der Waals surface area contributed by atoms with Crippen molar-refractivity contribution in [3.8, 4) is 0 Å². The molecule has 0 aliphatic carbocycles. The number of aryl methyl sites for hydroxylation is 1. The van der Waals surface area contributed by atoms with Gasteiger partial charge in [-0.15, -0.1) is 0 Å². The fourth-order valence-electron chi connectivity index (χ4n) is 1.89. The fourth-order valence-corrected chi connectivity index (χ4v) is 1.89. The van der Waals surface area contributed by atoms with E-state index in [-0.39, 0.29) is 0 Å². The molecule has 0 amide bonds. The summed E-state index contributed by atoms with van der Waals surface area (Å²) in [7, 11) is 0. The van der Waals surface area contributed by atoms with Gasteiger partial charge < -0.3 is 10.6 Å². The summed E-state index contributed by atoms with van der Waals surface area (Å²) < 4.78 is 0. The Morgan fingerprint density at radius 1 is 1.20 bits per heavy atom. The van der Waals surface area contributed by atoms with E-state index in [4.69, 9.17) is 0 Å². The van der Waals surface area contributed by atoms with Crippen LogP contribution in [-0.2, 0) is 0 Å². The van der Waals surface area contributed by atoms with E-state index in [9.17, 15) is 0 Å². The highest BCUT2D eigenvalue weighted by atomic mass is 15.0. The summed E-state index contributed by atoms with van der Waals surface area (Å²) in [6.07, 6.45) is 0. The maximum absolute atomic E-state index is 3.54. The number of anilines is 1. The van der Waals surface area contributed by atoms with E-state index in [0.29, 0.717) is 0 Å². The Hall–Kier alpha value is -1.02. The Morgan fingerprint density at radius 2 is 1.93 bits per heavy atom. The van der Waals surface area contributed by atoms with Crippen LogP contribution in [0.15, 0.2) is 12.1 Å². The van der Waals surface area contributed by atoms with Crippen LogP contribution in [0.3, 0.4) is 0 Å². The second-order valence-electron chi connectivity index (χ2n) is 4.59. The second kappa shape index (κ2) is 4.23. The van der Waals surface area contributed by atoms with Crippen LogP contribution in [0.2, 0.25) is 0 Å². The van der Waals surface area contributed by atoms with Crippen LogP contribution in [0.4, 0.5) is 5.69 Å². The van der Waals surface area contributed by atoms with E-state index in [1.807, 2.05) is 0 Å². The van der Waals surface area contributed by atoms with Gasteiger partial charge in [-0.3, -0.25) is 0 Å². The maximum Gasteiger partial charge on any atom is 0.0372 e. The summed E-state index contributed by atoms with van der Waals surface area (Å²) in [4.78, 5) is 0. The van der Waals surface area contributed by atoms with E-state index in [2.05, 4.69) is 43.5 Å². The molecule has 1 aromatic carbocycles. The molecule has 0 spiro atoms. The molecule has 1 fully saturated rings. The van der Waals surface area contributed by atoms with Gasteiger partial charge in [-0.1, -0.05) is 6.07 Å². The van der Waals surface area contributed by atoms with Crippen LogP contribution in [0.1, 0.15) is 16.7 Å². The van der Waals surface area contributed by atoms with Gasteiger partial charge in [0.2, 0.25) is 0 Å². The van der Waals surface area contributed by atoms with E-state index in [1.165, 1.54) is 22.4 Å². The van der Waals surface area contributed by atoms with Crippen molar-refractivity contribution in [1.29, 1.82) is 0 Å². The average molecular weight is 204 g/mol. The molecule has 0 saturated carbocycles. The lowest BCUT2D eigenvalue weighted by Gasteiger charge is -2.28. The van der Waals surface area contributed by atoms with Gasteiger partial charge >= 0.3 is 0 Å². The first-order valence-corrected chi connectivity index (χ1v) is 5.70. The molecule has 1 aliphatic rings. The van der Waals surface area contributed by atoms with Crippen LogP contribution < -0.4 is 10.6 Å². The van der Waals surface area contributed by atoms with Crippen LogP contribution >= 0.6 is 0 Å². The summed E-state index contributed by atoms with van der Waals surface area (Å²) in [5.74, 6) is 0.811. The zero-order valence-corrected chi connectivity index (χ0v) is 9.85. The standard InChI is InChI=1S/C13H20N2/c1-9-4-5-13(11(3)10(9)2)15-8-12-6-14-7-12/h4-5,12,14-15H,6-8H2,1-3H3. The van der Waals surface area contributed by atoms with Crippen molar-refractivity contribution < 1.29 is 0 Å². The van der Waals surface area contributed by atoms with Crippen LogP contribution in [-0.4, -0.2) is 19.6 Å². The largest absolute Gasteiger partial charge is 0.384 e. The molecule has 1 saturated heterocycles. The van der Waals surface area contributed by atoms with Gasteiger partial charge in [-0.05, 0) is 43.5 Å². The van der Waals surface area contributed by atoms with Gasteiger partial charge in [-0.25, -0.2) is 0 Å². The second-order valence-corrected chi connectivity index (χ2v) is 4.59. The highest BCUT2D eigenvalue weighted by Crippen LogP contribution is 2.21. The molecule has 0 aromatic heterocycles. The molecule has 0 atom stereocenters. The Labute approximate surface area is 92.1 Å². The van der Waals surface area contributed by atoms with Gasteiger partial charge in [0, 0.05) is 31.2 Å². The van der Waals surface area contributed by atoms with E-state index < -0.39 is 0 Å². The maximum atomic E-state index is 3.54. The van der Waals surface area contributed by atoms with Crippen molar-refractivity contribution >= 4 is 5.69 Å². The first kappa shape index (κ1) is 10.5. The van der Waals surface area contributed by atoms with E-state index >= 15 is 0 Å². The number of nitrogens with one attached hydrogen (secondary N) is 2.